The molecule has 1 amide bonds. The van der Waals surface area contributed by atoms with E-state index in [0.29, 0.717) is 11.8 Å². The van der Waals surface area contributed by atoms with E-state index in [1.165, 1.54) is 9.75 Å². The van der Waals surface area contributed by atoms with Gasteiger partial charge in [-0.05, 0) is 38.7 Å². The Bertz CT molecular complexity index is 441. The second kappa shape index (κ2) is 5.95. The predicted octanol–water partition coefficient (Wildman–Crippen LogP) is 5.34. The second-order valence-corrected chi connectivity index (χ2v) is 7.48. The van der Waals surface area contributed by atoms with Gasteiger partial charge in [0.05, 0.1) is 5.69 Å². The fourth-order valence-electron chi connectivity index (χ4n) is 1.65. The van der Waals surface area contributed by atoms with E-state index in [1.807, 2.05) is 20.8 Å². The van der Waals surface area contributed by atoms with Crippen molar-refractivity contribution in [2.45, 2.75) is 65.9 Å². The highest BCUT2D eigenvalue weighted by atomic mass is 32.1. The maximum Gasteiger partial charge on any atom is 0.412 e. The summed E-state index contributed by atoms with van der Waals surface area (Å²) in [5.41, 5.74) is 0.414. The van der Waals surface area contributed by atoms with E-state index < -0.39 is 5.60 Å². The van der Waals surface area contributed by atoms with E-state index in [4.69, 9.17) is 4.74 Å². The summed E-state index contributed by atoms with van der Waals surface area (Å²) in [4.78, 5) is 14.3. The lowest BCUT2D eigenvalue weighted by molar-refractivity contribution is 0.0636. The minimum atomic E-state index is -0.473. The third-order valence-electron chi connectivity index (χ3n) is 2.51. The van der Waals surface area contributed by atoms with Gasteiger partial charge in [0, 0.05) is 9.75 Å². The van der Waals surface area contributed by atoms with Crippen LogP contribution in [0, 0.1) is 0 Å². The Morgan fingerprint density at radius 3 is 2.21 bits per heavy atom. The number of carbonyl (C=O) groups is 1. The Morgan fingerprint density at radius 2 is 1.79 bits per heavy atom. The summed E-state index contributed by atoms with van der Waals surface area (Å²) in [6, 6.07) is 2.06. The Labute approximate surface area is 120 Å². The first-order chi connectivity index (χ1) is 8.60. The third-order valence-corrected chi connectivity index (χ3v) is 4.25. The standard InChI is InChI=1S/C15H25NO2S/c1-9(2)12-8-11(13(19-12)10(3)4)16-14(17)18-15(5,6)7/h8-10H,1-7H3,(H,16,17). The molecule has 0 aromatic carbocycles. The van der Waals surface area contributed by atoms with Crippen LogP contribution in [0.4, 0.5) is 10.5 Å². The average Bonchev–Trinajstić information content (AvgIpc) is 2.58. The van der Waals surface area contributed by atoms with Gasteiger partial charge in [-0.2, -0.15) is 0 Å². The van der Waals surface area contributed by atoms with E-state index in [-0.39, 0.29) is 6.09 Å². The molecule has 108 valence electrons. The lowest BCUT2D eigenvalue weighted by Gasteiger charge is -2.20. The lowest BCUT2D eigenvalue weighted by atomic mass is 10.1. The van der Waals surface area contributed by atoms with Crippen molar-refractivity contribution in [3.05, 3.63) is 15.8 Å². The number of carbonyl (C=O) groups excluding carboxylic acids is 1. The van der Waals surface area contributed by atoms with Crippen molar-refractivity contribution in [3.8, 4) is 0 Å². The molecule has 0 bridgehead atoms. The molecule has 1 aromatic rings. The van der Waals surface area contributed by atoms with Crippen LogP contribution in [0.2, 0.25) is 0 Å². The number of rotatable bonds is 3. The largest absolute Gasteiger partial charge is 0.444 e. The summed E-state index contributed by atoms with van der Waals surface area (Å²) < 4.78 is 5.30. The second-order valence-electron chi connectivity index (χ2n) is 6.36. The zero-order valence-electron chi connectivity index (χ0n) is 13.0. The van der Waals surface area contributed by atoms with Crippen LogP contribution in [-0.4, -0.2) is 11.7 Å². The maximum atomic E-state index is 11.9. The van der Waals surface area contributed by atoms with Crippen molar-refractivity contribution in [1.29, 1.82) is 0 Å². The molecule has 1 rings (SSSR count). The van der Waals surface area contributed by atoms with Crippen LogP contribution in [-0.2, 0) is 4.74 Å². The molecule has 0 aliphatic carbocycles. The van der Waals surface area contributed by atoms with E-state index >= 15 is 0 Å². The average molecular weight is 283 g/mol. The molecule has 0 unspecified atom stereocenters. The van der Waals surface area contributed by atoms with Crippen LogP contribution in [0.3, 0.4) is 0 Å². The van der Waals surface area contributed by atoms with Crippen molar-refractivity contribution in [1.82, 2.24) is 0 Å². The van der Waals surface area contributed by atoms with Gasteiger partial charge in [-0.3, -0.25) is 5.32 Å². The fourth-order valence-corrected chi connectivity index (χ4v) is 2.77. The van der Waals surface area contributed by atoms with E-state index in [2.05, 4.69) is 39.1 Å². The number of thiophene rings is 1. The number of ether oxygens (including phenoxy) is 1. The molecule has 19 heavy (non-hydrogen) atoms. The predicted molar refractivity (Wildman–Crippen MR) is 82.4 cm³/mol. The first-order valence-corrected chi connectivity index (χ1v) is 7.55. The first-order valence-electron chi connectivity index (χ1n) is 6.73. The topological polar surface area (TPSA) is 38.3 Å². The Morgan fingerprint density at radius 1 is 1.21 bits per heavy atom. The maximum absolute atomic E-state index is 11.9. The van der Waals surface area contributed by atoms with Gasteiger partial charge in [-0.15, -0.1) is 11.3 Å². The van der Waals surface area contributed by atoms with Gasteiger partial charge in [0.25, 0.3) is 0 Å². The molecule has 0 saturated heterocycles. The van der Waals surface area contributed by atoms with Crippen molar-refractivity contribution < 1.29 is 9.53 Å². The van der Waals surface area contributed by atoms with Crippen LogP contribution in [0.15, 0.2) is 6.07 Å². The zero-order chi connectivity index (χ0) is 14.8. The van der Waals surface area contributed by atoms with Gasteiger partial charge >= 0.3 is 6.09 Å². The first kappa shape index (κ1) is 16.0. The summed E-state index contributed by atoms with van der Waals surface area (Å²) in [5.74, 6) is 0.860. The molecular formula is C15H25NO2S. The van der Waals surface area contributed by atoms with Crippen LogP contribution < -0.4 is 5.32 Å². The van der Waals surface area contributed by atoms with Crippen LogP contribution in [0.25, 0.3) is 0 Å². The molecule has 0 radical (unpaired) electrons. The quantitative estimate of drug-likeness (QED) is 0.813. The molecule has 0 spiro atoms. The summed E-state index contributed by atoms with van der Waals surface area (Å²) >= 11 is 1.77. The number of hydrogen-bond acceptors (Lipinski definition) is 3. The molecule has 0 aliphatic rings. The Hall–Kier alpha value is -1.03. The normalized spacial score (nSPS) is 12.1. The molecule has 0 aliphatic heterocycles. The minimum absolute atomic E-state index is 0.387. The molecule has 1 aromatic heterocycles. The molecule has 1 N–H and O–H groups in total. The molecule has 1 heterocycles. The fraction of sp³-hybridized carbons (Fsp3) is 0.667. The summed E-state index contributed by atoms with van der Waals surface area (Å²) in [6.07, 6.45) is -0.387. The van der Waals surface area contributed by atoms with Crippen LogP contribution in [0.5, 0.6) is 0 Å². The lowest BCUT2D eigenvalue weighted by Crippen LogP contribution is -2.27. The number of amides is 1. The SMILES string of the molecule is CC(C)c1cc(NC(=O)OC(C)(C)C)c(C(C)C)s1. The van der Waals surface area contributed by atoms with Gasteiger partial charge in [-0.25, -0.2) is 4.79 Å². The van der Waals surface area contributed by atoms with Crippen LogP contribution >= 0.6 is 11.3 Å². The van der Waals surface area contributed by atoms with Crippen LogP contribution in [0.1, 0.15) is 70.1 Å². The van der Waals surface area contributed by atoms with E-state index in [9.17, 15) is 4.79 Å². The monoisotopic (exact) mass is 283 g/mol. The molecule has 0 fully saturated rings. The molecule has 4 heteroatoms. The highest BCUT2D eigenvalue weighted by molar-refractivity contribution is 7.12. The molecule has 0 saturated carbocycles. The molecule has 3 nitrogen and oxygen atoms in total. The Balaban J connectivity index is 2.90. The number of anilines is 1. The molecular weight excluding hydrogens is 258 g/mol. The summed E-state index contributed by atoms with van der Waals surface area (Å²) in [7, 11) is 0. The molecule has 0 atom stereocenters. The van der Waals surface area contributed by atoms with Crippen molar-refractivity contribution in [2.75, 3.05) is 5.32 Å². The van der Waals surface area contributed by atoms with Crippen molar-refractivity contribution in [3.63, 3.8) is 0 Å². The zero-order valence-corrected chi connectivity index (χ0v) is 13.8. The van der Waals surface area contributed by atoms with E-state index in [0.717, 1.165) is 5.69 Å². The van der Waals surface area contributed by atoms with Crippen molar-refractivity contribution in [2.24, 2.45) is 0 Å². The van der Waals surface area contributed by atoms with Gasteiger partial charge < -0.3 is 4.74 Å². The highest BCUT2D eigenvalue weighted by Crippen LogP contribution is 2.37. The summed E-state index contributed by atoms with van der Waals surface area (Å²) in [6.45, 7) is 14.2. The van der Waals surface area contributed by atoms with Gasteiger partial charge in [0.15, 0.2) is 0 Å². The minimum Gasteiger partial charge on any atom is -0.444 e. The number of nitrogens with one attached hydrogen (secondary N) is 1. The van der Waals surface area contributed by atoms with Gasteiger partial charge in [0.2, 0.25) is 0 Å². The highest BCUT2D eigenvalue weighted by Gasteiger charge is 2.20. The van der Waals surface area contributed by atoms with Crippen molar-refractivity contribution >= 4 is 23.1 Å². The third kappa shape index (κ3) is 4.86. The van der Waals surface area contributed by atoms with Gasteiger partial charge in [-0.1, -0.05) is 27.7 Å². The Kier molecular flexibility index (Phi) is 5.02. The number of hydrogen-bond donors (Lipinski definition) is 1. The summed E-state index contributed by atoms with van der Waals surface area (Å²) in [5, 5.41) is 2.87. The smallest absolute Gasteiger partial charge is 0.412 e. The van der Waals surface area contributed by atoms with E-state index in [1.54, 1.807) is 11.3 Å². The van der Waals surface area contributed by atoms with Gasteiger partial charge in [0.1, 0.15) is 5.60 Å².